The van der Waals surface area contributed by atoms with Crippen molar-refractivity contribution < 1.29 is 19.7 Å². The van der Waals surface area contributed by atoms with E-state index in [0.717, 1.165) is 18.4 Å². The Morgan fingerprint density at radius 3 is 2.83 bits per heavy atom. The molecule has 0 radical (unpaired) electrons. The Morgan fingerprint density at radius 2 is 2.17 bits per heavy atom. The number of carbonyl (C=O) groups is 1. The van der Waals surface area contributed by atoms with Crippen molar-refractivity contribution in [2.24, 2.45) is 0 Å². The number of methoxy groups -OCH3 is 1. The molecule has 0 aliphatic heterocycles. The third-order valence-electron chi connectivity index (χ3n) is 2.53. The van der Waals surface area contributed by atoms with Crippen molar-refractivity contribution in [1.82, 2.24) is 4.98 Å². The molecule has 2 rings (SSSR count). The average molecular weight is 269 g/mol. The first-order chi connectivity index (χ1) is 8.52. The van der Waals surface area contributed by atoms with Crippen LogP contribution in [0.4, 0.5) is 0 Å². The quantitative estimate of drug-likeness (QED) is 0.689. The molecule has 3 N–H and O–H groups in total. The van der Waals surface area contributed by atoms with E-state index < -0.39 is 18.2 Å². The first-order valence-corrected chi connectivity index (χ1v) is 5.91. The first-order valence-electron chi connectivity index (χ1n) is 5.09. The number of aliphatic hydroxyl groups is 2. The molecule has 0 saturated carbocycles. The minimum Gasteiger partial charge on any atom is -0.467 e. The van der Waals surface area contributed by atoms with Gasteiger partial charge in [-0.1, -0.05) is 17.4 Å². The van der Waals surface area contributed by atoms with Crippen LogP contribution in [0.1, 0.15) is 11.7 Å². The largest absolute Gasteiger partial charge is 0.467 e. The summed E-state index contributed by atoms with van der Waals surface area (Å²) in [6.07, 6.45) is -3.04. The van der Waals surface area contributed by atoms with E-state index >= 15 is 0 Å². The van der Waals surface area contributed by atoms with Gasteiger partial charge in [0.1, 0.15) is 6.10 Å². The van der Waals surface area contributed by atoms with Gasteiger partial charge in [-0.25, -0.2) is 4.79 Å². The number of aliphatic hydroxyl groups excluding tert-OH is 2. The molecule has 1 aromatic heterocycles. The van der Waals surface area contributed by atoms with Gasteiger partial charge in [-0.3, -0.25) is 4.79 Å². The summed E-state index contributed by atoms with van der Waals surface area (Å²) in [4.78, 5) is 24.7. The second-order valence-electron chi connectivity index (χ2n) is 3.68. The lowest BCUT2D eigenvalue weighted by atomic mass is 10.0. The van der Waals surface area contributed by atoms with Crippen LogP contribution in [0.2, 0.25) is 0 Å². The van der Waals surface area contributed by atoms with Crippen molar-refractivity contribution in [2.75, 3.05) is 7.11 Å². The van der Waals surface area contributed by atoms with Crippen LogP contribution < -0.4 is 4.87 Å². The van der Waals surface area contributed by atoms with Gasteiger partial charge in [0.05, 0.1) is 17.3 Å². The van der Waals surface area contributed by atoms with Gasteiger partial charge in [-0.05, 0) is 17.7 Å². The number of aromatic amines is 1. The maximum atomic E-state index is 11.1. The topological polar surface area (TPSA) is 99.6 Å². The van der Waals surface area contributed by atoms with E-state index in [1.54, 1.807) is 12.1 Å². The van der Waals surface area contributed by atoms with Crippen molar-refractivity contribution in [3.63, 3.8) is 0 Å². The van der Waals surface area contributed by atoms with Crippen LogP contribution in [0.15, 0.2) is 23.0 Å². The summed E-state index contributed by atoms with van der Waals surface area (Å²) in [7, 11) is 1.12. The van der Waals surface area contributed by atoms with E-state index in [-0.39, 0.29) is 4.87 Å². The van der Waals surface area contributed by atoms with E-state index in [4.69, 9.17) is 0 Å². The Hall–Kier alpha value is -1.70. The molecular weight excluding hydrogens is 258 g/mol. The maximum absolute atomic E-state index is 11.1. The second kappa shape index (κ2) is 4.89. The van der Waals surface area contributed by atoms with E-state index in [9.17, 15) is 19.8 Å². The zero-order valence-electron chi connectivity index (χ0n) is 9.41. The molecule has 2 atom stereocenters. The molecular formula is C11H11NO5S. The number of carbonyl (C=O) groups excluding carboxylic acids is 1. The number of esters is 1. The minimum absolute atomic E-state index is 0.204. The third-order valence-corrected chi connectivity index (χ3v) is 3.37. The summed E-state index contributed by atoms with van der Waals surface area (Å²) < 4.78 is 4.99. The molecule has 1 heterocycles. The van der Waals surface area contributed by atoms with Gasteiger partial charge in [0.15, 0.2) is 6.10 Å². The van der Waals surface area contributed by atoms with Crippen molar-refractivity contribution in [1.29, 1.82) is 0 Å². The Balaban J connectivity index is 2.35. The van der Waals surface area contributed by atoms with E-state index in [1.165, 1.54) is 6.07 Å². The van der Waals surface area contributed by atoms with Crippen LogP contribution in [0.3, 0.4) is 0 Å². The predicted molar refractivity (Wildman–Crippen MR) is 65.4 cm³/mol. The Kier molecular flexibility index (Phi) is 3.46. The van der Waals surface area contributed by atoms with Gasteiger partial charge in [-0.2, -0.15) is 0 Å². The predicted octanol–water partition coefficient (Wildman–Crippen LogP) is 0.157. The number of H-pyrrole nitrogens is 1. The monoisotopic (exact) mass is 269 g/mol. The van der Waals surface area contributed by atoms with Gasteiger partial charge in [0.2, 0.25) is 0 Å². The number of aromatic nitrogens is 1. The van der Waals surface area contributed by atoms with Gasteiger partial charge < -0.3 is 19.9 Å². The summed E-state index contributed by atoms with van der Waals surface area (Å²) in [6, 6.07) is 4.69. The number of benzene rings is 1. The number of nitrogens with one attached hydrogen (secondary N) is 1. The highest BCUT2D eigenvalue weighted by Gasteiger charge is 2.26. The van der Waals surface area contributed by atoms with Crippen molar-refractivity contribution in [3.05, 3.63) is 33.4 Å². The molecule has 7 heteroatoms. The van der Waals surface area contributed by atoms with Gasteiger partial charge in [0, 0.05) is 0 Å². The van der Waals surface area contributed by atoms with Gasteiger partial charge >= 0.3 is 10.8 Å². The van der Waals surface area contributed by atoms with Crippen molar-refractivity contribution in [3.8, 4) is 0 Å². The molecule has 6 nitrogen and oxygen atoms in total. The summed E-state index contributed by atoms with van der Waals surface area (Å²) in [5.41, 5.74) is 0.990. The number of thiazole rings is 1. The Labute approximate surface area is 105 Å². The standard InChI is InChI=1S/C11H11NO5S/c1-17-10(15)9(14)8(13)5-2-3-6-7(4-5)18-11(16)12-6/h2-4,8-9,13-14H,1H3,(H,12,16). The zero-order valence-corrected chi connectivity index (χ0v) is 10.2. The molecule has 0 amide bonds. The maximum Gasteiger partial charge on any atom is 0.337 e. The van der Waals surface area contributed by atoms with Gasteiger partial charge in [-0.15, -0.1) is 0 Å². The van der Waals surface area contributed by atoms with E-state index in [1.807, 2.05) is 0 Å². The minimum atomic E-state index is -1.65. The molecule has 18 heavy (non-hydrogen) atoms. The molecule has 2 aromatic rings. The van der Waals surface area contributed by atoms with Crippen molar-refractivity contribution in [2.45, 2.75) is 12.2 Å². The SMILES string of the molecule is COC(=O)C(O)C(O)c1ccc2[nH]c(=O)sc2c1. The fourth-order valence-corrected chi connectivity index (χ4v) is 2.36. The number of rotatable bonds is 3. The normalized spacial score (nSPS) is 14.4. The van der Waals surface area contributed by atoms with Crippen LogP contribution in [0, 0.1) is 0 Å². The summed E-state index contributed by atoms with van der Waals surface area (Å²) in [5, 5.41) is 19.3. The average Bonchev–Trinajstić information content (AvgIpc) is 2.74. The summed E-state index contributed by atoms with van der Waals surface area (Å²) in [6.45, 7) is 0. The molecule has 2 unspecified atom stereocenters. The molecule has 0 aliphatic rings. The smallest absolute Gasteiger partial charge is 0.337 e. The van der Waals surface area contributed by atoms with Crippen LogP contribution in [-0.4, -0.2) is 34.4 Å². The van der Waals surface area contributed by atoms with Crippen LogP contribution in [-0.2, 0) is 9.53 Å². The summed E-state index contributed by atoms with van der Waals surface area (Å²) >= 11 is 0.990. The van der Waals surface area contributed by atoms with E-state index in [2.05, 4.69) is 9.72 Å². The molecule has 0 saturated heterocycles. The highest BCUT2D eigenvalue weighted by molar-refractivity contribution is 7.16. The fourth-order valence-electron chi connectivity index (χ4n) is 1.58. The first kappa shape index (κ1) is 12.7. The number of ether oxygens (including phenoxy) is 1. The fraction of sp³-hybridized carbons (Fsp3) is 0.273. The van der Waals surface area contributed by atoms with Crippen molar-refractivity contribution >= 4 is 27.5 Å². The number of hydrogen-bond donors (Lipinski definition) is 3. The second-order valence-corrected chi connectivity index (χ2v) is 4.70. The van der Waals surface area contributed by atoms with Crippen LogP contribution in [0.5, 0.6) is 0 Å². The number of fused-ring (bicyclic) bond motifs is 1. The third kappa shape index (κ3) is 2.28. The lowest BCUT2D eigenvalue weighted by Crippen LogP contribution is -2.28. The lowest BCUT2D eigenvalue weighted by Gasteiger charge is -2.15. The highest BCUT2D eigenvalue weighted by Crippen LogP contribution is 2.23. The molecule has 96 valence electrons. The molecule has 1 aromatic carbocycles. The van der Waals surface area contributed by atoms with E-state index in [0.29, 0.717) is 15.8 Å². The highest BCUT2D eigenvalue weighted by atomic mass is 32.1. The molecule has 0 bridgehead atoms. The zero-order chi connectivity index (χ0) is 13.3. The molecule has 0 spiro atoms. The van der Waals surface area contributed by atoms with Crippen LogP contribution in [0.25, 0.3) is 10.2 Å². The van der Waals surface area contributed by atoms with Gasteiger partial charge in [0.25, 0.3) is 0 Å². The Morgan fingerprint density at radius 1 is 1.44 bits per heavy atom. The Bertz CT molecular complexity index is 632. The summed E-state index contributed by atoms with van der Waals surface area (Å²) in [5.74, 6) is -0.912. The van der Waals surface area contributed by atoms with Crippen LogP contribution >= 0.6 is 11.3 Å². The molecule has 0 fully saturated rings. The molecule has 0 aliphatic carbocycles. The lowest BCUT2D eigenvalue weighted by molar-refractivity contribution is -0.156. The number of hydrogen-bond acceptors (Lipinski definition) is 6.